The summed E-state index contributed by atoms with van der Waals surface area (Å²) < 4.78 is 2.66. The number of aliphatic carboxylic acids is 3. The number of nitrogens with one attached hydrogen (secondary N) is 3. The van der Waals surface area contributed by atoms with Gasteiger partial charge in [0, 0.05) is 43.5 Å². The Morgan fingerprint density at radius 1 is 0.909 bits per heavy atom. The summed E-state index contributed by atoms with van der Waals surface area (Å²) in [6.45, 7) is 0. The van der Waals surface area contributed by atoms with E-state index < -0.39 is 36.0 Å². The lowest BCUT2D eigenvalue weighted by Crippen LogP contribution is -2.37. The molecule has 0 fully saturated rings. The summed E-state index contributed by atoms with van der Waals surface area (Å²) in [6, 6.07) is -3.19. The van der Waals surface area contributed by atoms with E-state index in [0.717, 1.165) is 0 Å². The smallest absolute Gasteiger partial charge is 0.328 e. The molecule has 33 heavy (non-hydrogen) atoms. The number of aromatic amines is 1. The molecule has 0 amide bonds. The minimum absolute atomic E-state index is 0.0128. The third kappa shape index (κ3) is 6.54. The van der Waals surface area contributed by atoms with Gasteiger partial charge in [-0.05, 0) is 0 Å². The van der Waals surface area contributed by atoms with Crippen LogP contribution in [-0.2, 0) is 33.6 Å². The normalized spacial score (nSPS) is 13.7. The molecule has 0 radical (unpaired) electrons. The Morgan fingerprint density at radius 3 is 1.94 bits per heavy atom. The van der Waals surface area contributed by atoms with Gasteiger partial charge in [-0.3, -0.25) is 14.1 Å². The number of imidazole rings is 3. The van der Waals surface area contributed by atoms with Gasteiger partial charge in [0.1, 0.15) is 30.8 Å². The molecule has 0 spiro atoms. The van der Waals surface area contributed by atoms with Crippen molar-refractivity contribution in [3.63, 3.8) is 0 Å². The molecule has 15 nitrogen and oxygen atoms in total. The van der Waals surface area contributed by atoms with Crippen molar-refractivity contribution in [3.8, 4) is 0 Å². The summed E-state index contributed by atoms with van der Waals surface area (Å²) >= 11 is 0. The average Bonchev–Trinajstić information content (AvgIpc) is 3.50. The Labute approximate surface area is 186 Å². The molecule has 15 heteroatoms. The fourth-order valence-corrected chi connectivity index (χ4v) is 2.95. The van der Waals surface area contributed by atoms with Crippen molar-refractivity contribution < 1.29 is 29.7 Å². The zero-order valence-corrected chi connectivity index (χ0v) is 17.2. The van der Waals surface area contributed by atoms with E-state index >= 15 is 0 Å². The minimum atomic E-state index is -1.17. The largest absolute Gasteiger partial charge is 0.480 e. The maximum absolute atomic E-state index is 11.7. The second-order valence-electron chi connectivity index (χ2n) is 7.22. The van der Waals surface area contributed by atoms with Crippen molar-refractivity contribution in [2.24, 2.45) is 5.73 Å². The molecule has 3 aromatic rings. The fourth-order valence-electron chi connectivity index (χ4n) is 2.95. The molecule has 0 aliphatic rings. The van der Waals surface area contributed by atoms with Crippen molar-refractivity contribution in [2.45, 2.75) is 37.4 Å². The van der Waals surface area contributed by atoms with Crippen LogP contribution in [0.5, 0.6) is 0 Å². The standard InChI is InChI=1S/C18H23N9O6/c19-13(16(28)29)1-11-5-26(8-22-11)25-15(18(32)33)3-12-6-27(9-23-12)24-14(17(30)31)2-10-4-20-7-21-10/h4-9,13-15,24-25H,1-3,19H2,(H,20,21)(H,28,29)(H,30,31)(H,32,33)/t13-,14-,15-/m0/s1. The first-order valence-corrected chi connectivity index (χ1v) is 9.71. The number of hydrogen-bond donors (Lipinski definition) is 7. The van der Waals surface area contributed by atoms with Crippen LogP contribution < -0.4 is 16.6 Å². The molecule has 0 saturated carbocycles. The first kappa shape index (κ1) is 23.3. The van der Waals surface area contributed by atoms with E-state index in [-0.39, 0.29) is 19.3 Å². The Balaban J connectivity index is 1.61. The highest BCUT2D eigenvalue weighted by Gasteiger charge is 2.22. The van der Waals surface area contributed by atoms with Crippen LogP contribution in [0.3, 0.4) is 0 Å². The predicted molar refractivity (Wildman–Crippen MR) is 111 cm³/mol. The van der Waals surface area contributed by atoms with E-state index in [1.165, 1.54) is 46.9 Å². The van der Waals surface area contributed by atoms with Crippen molar-refractivity contribution in [3.05, 3.63) is 54.7 Å². The van der Waals surface area contributed by atoms with Gasteiger partial charge in [0.05, 0.1) is 17.7 Å². The molecule has 0 bridgehead atoms. The van der Waals surface area contributed by atoms with Crippen molar-refractivity contribution in [1.29, 1.82) is 0 Å². The SMILES string of the molecule is N[C@@H](Cc1cn(N[C@@H](Cc2cn(N[C@@H](Cc3cnc[nH]3)C(=O)O)cn2)C(=O)O)cn1)C(=O)O. The Morgan fingerprint density at radius 2 is 1.45 bits per heavy atom. The quantitative estimate of drug-likeness (QED) is 0.150. The Bertz CT molecular complexity index is 1090. The zero-order chi connectivity index (χ0) is 24.0. The van der Waals surface area contributed by atoms with Crippen LogP contribution in [0, 0.1) is 0 Å². The van der Waals surface area contributed by atoms with E-state index in [4.69, 9.17) is 10.8 Å². The van der Waals surface area contributed by atoms with Gasteiger partial charge in [-0.1, -0.05) is 0 Å². The monoisotopic (exact) mass is 461 g/mol. The molecule has 3 atom stereocenters. The maximum Gasteiger partial charge on any atom is 0.328 e. The first-order valence-electron chi connectivity index (χ1n) is 9.71. The molecule has 0 saturated heterocycles. The van der Waals surface area contributed by atoms with Crippen LogP contribution in [0.4, 0.5) is 0 Å². The third-order valence-corrected chi connectivity index (χ3v) is 4.62. The second-order valence-corrected chi connectivity index (χ2v) is 7.22. The van der Waals surface area contributed by atoms with Crippen molar-refractivity contribution in [1.82, 2.24) is 29.3 Å². The molecular weight excluding hydrogens is 438 g/mol. The number of H-pyrrole nitrogens is 1. The Hall–Kier alpha value is -4.40. The lowest BCUT2D eigenvalue weighted by molar-refractivity contribution is -0.139. The highest BCUT2D eigenvalue weighted by Crippen LogP contribution is 2.06. The summed E-state index contributed by atoms with van der Waals surface area (Å²) in [5, 5.41) is 27.9. The number of carbonyl (C=O) groups is 3. The minimum Gasteiger partial charge on any atom is -0.480 e. The molecule has 3 aromatic heterocycles. The van der Waals surface area contributed by atoms with Gasteiger partial charge in [0.2, 0.25) is 0 Å². The van der Waals surface area contributed by atoms with E-state index in [2.05, 4.69) is 30.8 Å². The summed E-state index contributed by atoms with van der Waals surface area (Å²) in [5.41, 5.74) is 12.4. The molecule has 0 aliphatic heterocycles. The number of rotatable bonds is 13. The number of carboxylic acid groups (broad SMARTS) is 3. The molecule has 0 unspecified atom stereocenters. The van der Waals surface area contributed by atoms with Crippen LogP contribution in [0.2, 0.25) is 0 Å². The molecule has 0 aliphatic carbocycles. The topological polar surface area (TPSA) is 226 Å². The highest BCUT2D eigenvalue weighted by molar-refractivity contribution is 5.76. The van der Waals surface area contributed by atoms with E-state index in [1.807, 2.05) is 0 Å². The zero-order valence-electron chi connectivity index (χ0n) is 17.2. The van der Waals surface area contributed by atoms with Crippen LogP contribution in [0.1, 0.15) is 17.1 Å². The summed E-state index contributed by atoms with van der Waals surface area (Å²) in [6.07, 6.45) is 8.69. The number of hydrogen-bond acceptors (Lipinski definition) is 9. The number of nitrogens with two attached hydrogens (primary N) is 1. The van der Waals surface area contributed by atoms with Gasteiger partial charge in [0.25, 0.3) is 0 Å². The van der Waals surface area contributed by atoms with Crippen LogP contribution in [0.25, 0.3) is 0 Å². The van der Waals surface area contributed by atoms with E-state index in [1.54, 1.807) is 0 Å². The second kappa shape index (κ2) is 10.3. The van der Waals surface area contributed by atoms with Gasteiger partial charge in [0.15, 0.2) is 0 Å². The fraction of sp³-hybridized carbons (Fsp3) is 0.333. The highest BCUT2D eigenvalue weighted by atomic mass is 16.4. The van der Waals surface area contributed by atoms with Gasteiger partial charge in [-0.2, -0.15) is 0 Å². The molecule has 176 valence electrons. The van der Waals surface area contributed by atoms with Crippen molar-refractivity contribution >= 4 is 17.9 Å². The van der Waals surface area contributed by atoms with E-state index in [0.29, 0.717) is 17.1 Å². The average molecular weight is 461 g/mol. The first-order chi connectivity index (χ1) is 15.7. The predicted octanol–water partition coefficient (Wildman–Crippen LogP) is -1.76. The summed E-state index contributed by atoms with van der Waals surface area (Å²) in [4.78, 5) is 48.9. The van der Waals surface area contributed by atoms with Crippen molar-refractivity contribution in [2.75, 3.05) is 10.9 Å². The Kier molecular flexibility index (Phi) is 7.24. The number of nitrogens with zero attached hydrogens (tertiary/aromatic N) is 5. The molecule has 0 aromatic carbocycles. The number of carboxylic acids is 3. The van der Waals surface area contributed by atoms with Crippen LogP contribution in [0.15, 0.2) is 37.6 Å². The van der Waals surface area contributed by atoms with Gasteiger partial charge in [-0.25, -0.2) is 24.5 Å². The third-order valence-electron chi connectivity index (χ3n) is 4.62. The maximum atomic E-state index is 11.7. The van der Waals surface area contributed by atoms with E-state index in [9.17, 15) is 24.6 Å². The van der Waals surface area contributed by atoms with Crippen LogP contribution >= 0.6 is 0 Å². The lowest BCUT2D eigenvalue weighted by atomic mass is 10.2. The molecule has 3 rings (SSSR count). The molecular formula is C18H23N9O6. The van der Waals surface area contributed by atoms with Gasteiger partial charge in [-0.15, -0.1) is 0 Å². The van der Waals surface area contributed by atoms with Crippen LogP contribution in [-0.4, -0.2) is 80.6 Å². The molecule has 8 N–H and O–H groups in total. The number of aromatic nitrogens is 6. The van der Waals surface area contributed by atoms with Gasteiger partial charge < -0.3 is 36.9 Å². The lowest BCUT2D eigenvalue weighted by Gasteiger charge is -2.16. The summed E-state index contributed by atoms with van der Waals surface area (Å²) in [5.74, 6) is -3.40. The summed E-state index contributed by atoms with van der Waals surface area (Å²) in [7, 11) is 0. The molecule has 3 heterocycles. The van der Waals surface area contributed by atoms with Gasteiger partial charge >= 0.3 is 17.9 Å².